The van der Waals surface area contributed by atoms with Crippen LogP contribution in [0.2, 0.25) is 0 Å². The minimum Gasteiger partial charge on any atom is -0.457 e. The summed E-state index contributed by atoms with van der Waals surface area (Å²) in [5.41, 5.74) is 12.2. The maximum Gasteiger partial charge on any atom is 0.170 e. The first-order valence-corrected chi connectivity index (χ1v) is 8.21. The number of hydrogen-bond donors (Lipinski definition) is 4. The van der Waals surface area contributed by atoms with Gasteiger partial charge in [-0.2, -0.15) is 0 Å². The summed E-state index contributed by atoms with van der Waals surface area (Å²) in [7, 11) is 0. The van der Waals surface area contributed by atoms with E-state index in [2.05, 4.69) is 10.3 Å². The number of oxime groups is 2. The Morgan fingerprint density at radius 1 is 0.536 bits per heavy atom. The highest BCUT2D eigenvalue weighted by Crippen LogP contribution is 2.27. The zero-order valence-electron chi connectivity index (χ0n) is 14.7. The lowest BCUT2D eigenvalue weighted by Gasteiger charge is -2.09. The van der Waals surface area contributed by atoms with Crippen molar-refractivity contribution in [1.82, 2.24) is 0 Å². The summed E-state index contributed by atoms with van der Waals surface area (Å²) in [6.45, 7) is 0. The van der Waals surface area contributed by atoms with Crippen LogP contribution >= 0.6 is 0 Å². The Labute approximate surface area is 160 Å². The van der Waals surface area contributed by atoms with Crippen LogP contribution in [0.4, 0.5) is 0 Å². The summed E-state index contributed by atoms with van der Waals surface area (Å²) in [4.78, 5) is 0. The summed E-state index contributed by atoms with van der Waals surface area (Å²) in [6, 6.07) is 20.8. The van der Waals surface area contributed by atoms with Gasteiger partial charge in [-0.1, -0.05) is 10.3 Å². The summed E-state index contributed by atoms with van der Waals surface area (Å²) < 4.78 is 11.5. The van der Waals surface area contributed by atoms with E-state index in [4.69, 9.17) is 31.4 Å². The maximum absolute atomic E-state index is 8.67. The van der Waals surface area contributed by atoms with Gasteiger partial charge in [-0.05, 0) is 72.8 Å². The first kappa shape index (κ1) is 18.6. The van der Waals surface area contributed by atoms with Gasteiger partial charge in [-0.15, -0.1) is 0 Å². The molecule has 0 aliphatic rings. The molecule has 6 N–H and O–H groups in total. The largest absolute Gasteiger partial charge is 0.457 e. The lowest BCUT2D eigenvalue weighted by molar-refractivity contribution is 0.318. The van der Waals surface area contributed by atoms with E-state index in [1.54, 1.807) is 72.8 Å². The van der Waals surface area contributed by atoms with E-state index in [0.717, 1.165) is 0 Å². The second-order valence-electron chi connectivity index (χ2n) is 5.69. The Morgan fingerprint density at radius 2 is 0.786 bits per heavy atom. The summed E-state index contributed by atoms with van der Waals surface area (Å²) in [6.07, 6.45) is 0. The third-order valence-corrected chi connectivity index (χ3v) is 3.81. The second-order valence-corrected chi connectivity index (χ2v) is 5.69. The van der Waals surface area contributed by atoms with Crippen molar-refractivity contribution in [2.75, 3.05) is 0 Å². The van der Waals surface area contributed by atoms with Crippen molar-refractivity contribution >= 4 is 11.7 Å². The van der Waals surface area contributed by atoms with Crippen molar-refractivity contribution in [3.63, 3.8) is 0 Å². The lowest BCUT2D eigenvalue weighted by Crippen LogP contribution is -2.12. The topological polar surface area (TPSA) is 136 Å². The van der Waals surface area contributed by atoms with Gasteiger partial charge < -0.3 is 31.4 Å². The first-order chi connectivity index (χ1) is 13.6. The van der Waals surface area contributed by atoms with E-state index in [9.17, 15) is 0 Å². The minimum atomic E-state index is 0.0346. The standard InChI is InChI=1S/C20H18N4O4/c21-19(23-25)13-1-5-15(6-2-13)27-17-9-11-18(12-10-17)28-16-7-3-14(4-8-16)20(22)24-26/h1-12,25-26H,(H2,21,23)(H2,22,24). The predicted octanol–water partition coefficient (Wildman–Crippen LogP) is 3.46. The highest BCUT2D eigenvalue weighted by molar-refractivity contribution is 5.97. The average molecular weight is 378 g/mol. The van der Waals surface area contributed by atoms with Crippen molar-refractivity contribution in [2.24, 2.45) is 21.8 Å². The molecule has 0 fully saturated rings. The van der Waals surface area contributed by atoms with Crippen molar-refractivity contribution in [2.45, 2.75) is 0 Å². The molecule has 0 spiro atoms. The fraction of sp³-hybridized carbons (Fsp3) is 0. The summed E-state index contributed by atoms with van der Waals surface area (Å²) in [5, 5.41) is 23.2. The molecule has 0 unspecified atom stereocenters. The molecule has 0 amide bonds. The molecule has 142 valence electrons. The third-order valence-electron chi connectivity index (χ3n) is 3.81. The van der Waals surface area contributed by atoms with Crippen molar-refractivity contribution in [3.05, 3.63) is 83.9 Å². The van der Waals surface area contributed by atoms with Crippen LogP contribution in [0.25, 0.3) is 0 Å². The van der Waals surface area contributed by atoms with E-state index in [1.165, 1.54) is 0 Å². The maximum atomic E-state index is 8.67. The van der Waals surface area contributed by atoms with Crippen LogP contribution in [0.1, 0.15) is 11.1 Å². The van der Waals surface area contributed by atoms with Gasteiger partial charge in [0.2, 0.25) is 0 Å². The Balaban J connectivity index is 1.63. The van der Waals surface area contributed by atoms with Gasteiger partial charge in [0.1, 0.15) is 23.0 Å². The minimum absolute atomic E-state index is 0.0346. The van der Waals surface area contributed by atoms with Crippen LogP contribution in [0.15, 0.2) is 83.1 Å². The number of ether oxygens (including phenoxy) is 2. The Bertz CT molecular complexity index is 900. The number of rotatable bonds is 6. The van der Waals surface area contributed by atoms with Crippen LogP contribution in [-0.4, -0.2) is 22.1 Å². The van der Waals surface area contributed by atoms with Gasteiger partial charge in [0, 0.05) is 11.1 Å². The second kappa shape index (κ2) is 8.45. The van der Waals surface area contributed by atoms with Crippen molar-refractivity contribution in [3.8, 4) is 23.0 Å². The van der Waals surface area contributed by atoms with Gasteiger partial charge >= 0.3 is 0 Å². The zero-order chi connectivity index (χ0) is 19.9. The number of amidine groups is 2. The van der Waals surface area contributed by atoms with Crippen LogP contribution < -0.4 is 20.9 Å². The quantitative estimate of drug-likeness (QED) is 0.224. The zero-order valence-corrected chi connectivity index (χ0v) is 14.7. The van der Waals surface area contributed by atoms with E-state index < -0.39 is 0 Å². The molecule has 0 atom stereocenters. The Kier molecular flexibility index (Phi) is 5.61. The summed E-state index contributed by atoms with van der Waals surface area (Å²) in [5.74, 6) is 2.56. The van der Waals surface area contributed by atoms with Crippen LogP contribution in [0, 0.1) is 0 Å². The number of hydrogen-bond acceptors (Lipinski definition) is 6. The predicted molar refractivity (Wildman–Crippen MR) is 104 cm³/mol. The van der Waals surface area contributed by atoms with Crippen molar-refractivity contribution in [1.29, 1.82) is 0 Å². The fourth-order valence-corrected chi connectivity index (χ4v) is 2.35. The molecule has 0 aliphatic carbocycles. The molecular weight excluding hydrogens is 360 g/mol. The molecule has 28 heavy (non-hydrogen) atoms. The molecule has 0 aromatic heterocycles. The van der Waals surface area contributed by atoms with Crippen LogP contribution in [0.5, 0.6) is 23.0 Å². The fourth-order valence-electron chi connectivity index (χ4n) is 2.35. The van der Waals surface area contributed by atoms with Crippen LogP contribution in [0.3, 0.4) is 0 Å². The summed E-state index contributed by atoms with van der Waals surface area (Å²) >= 11 is 0. The van der Waals surface area contributed by atoms with Gasteiger partial charge in [0.15, 0.2) is 11.7 Å². The van der Waals surface area contributed by atoms with Crippen LogP contribution in [-0.2, 0) is 0 Å². The van der Waals surface area contributed by atoms with E-state index in [0.29, 0.717) is 34.1 Å². The normalized spacial score (nSPS) is 11.9. The molecule has 0 bridgehead atoms. The molecule has 3 aromatic carbocycles. The molecule has 0 saturated heterocycles. The van der Waals surface area contributed by atoms with Gasteiger partial charge in [-0.25, -0.2) is 0 Å². The third kappa shape index (κ3) is 4.50. The average Bonchev–Trinajstić information content (AvgIpc) is 2.75. The highest BCUT2D eigenvalue weighted by Gasteiger charge is 2.04. The lowest BCUT2D eigenvalue weighted by atomic mass is 10.2. The SMILES string of the molecule is NC(=NO)c1ccc(Oc2ccc(Oc3ccc(C(N)=NO)cc3)cc2)cc1. The number of nitrogens with zero attached hydrogens (tertiary/aromatic N) is 2. The Morgan fingerprint density at radius 3 is 1.04 bits per heavy atom. The van der Waals surface area contributed by atoms with Gasteiger partial charge in [0.25, 0.3) is 0 Å². The molecule has 0 aliphatic heterocycles. The number of nitrogens with two attached hydrogens (primary N) is 2. The molecule has 0 radical (unpaired) electrons. The van der Waals surface area contributed by atoms with Gasteiger partial charge in [-0.3, -0.25) is 0 Å². The van der Waals surface area contributed by atoms with Gasteiger partial charge in [0.05, 0.1) is 0 Å². The number of benzene rings is 3. The van der Waals surface area contributed by atoms with Crippen molar-refractivity contribution < 1.29 is 19.9 Å². The molecule has 3 rings (SSSR count). The molecule has 8 nitrogen and oxygen atoms in total. The Hall–Kier alpha value is -4.20. The van der Waals surface area contributed by atoms with E-state index in [-0.39, 0.29) is 11.7 Å². The first-order valence-electron chi connectivity index (χ1n) is 8.21. The molecule has 8 heteroatoms. The molecule has 3 aromatic rings. The molecule has 0 heterocycles. The van der Waals surface area contributed by atoms with E-state index in [1.807, 2.05) is 0 Å². The molecule has 0 saturated carbocycles. The monoisotopic (exact) mass is 378 g/mol. The highest BCUT2D eigenvalue weighted by atomic mass is 16.5. The van der Waals surface area contributed by atoms with E-state index >= 15 is 0 Å². The smallest absolute Gasteiger partial charge is 0.170 e. The molecular formula is C20H18N4O4.